The van der Waals surface area contributed by atoms with Gasteiger partial charge in [-0.2, -0.15) is 0 Å². The number of carbonyl (C=O) groups is 1. The quantitative estimate of drug-likeness (QED) is 0.829. The normalized spacial score (nSPS) is 14.8. The first-order chi connectivity index (χ1) is 13.5. The van der Waals surface area contributed by atoms with E-state index in [9.17, 15) is 9.59 Å². The first-order valence-electron chi connectivity index (χ1n) is 9.82. The van der Waals surface area contributed by atoms with Gasteiger partial charge in [-0.25, -0.2) is 4.98 Å². The zero-order valence-electron chi connectivity index (χ0n) is 16.8. The van der Waals surface area contributed by atoms with E-state index in [1.54, 1.807) is 24.3 Å². The van der Waals surface area contributed by atoms with Crippen molar-refractivity contribution < 1.29 is 9.53 Å². The molecule has 1 fully saturated rings. The van der Waals surface area contributed by atoms with E-state index in [4.69, 9.17) is 4.74 Å². The van der Waals surface area contributed by atoms with Crippen molar-refractivity contribution in [1.82, 2.24) is 9.55 Å². The minimum Gasteiger partial charge on any atom is -0.494 e. The lowest BCUT2D eigenvalue weighted by molar-refractivity contribution is -0.116. The maximum atomic E-state index is 12.6. The smallest absolute Gasteiger partial charge is 0.255 e. The maximum Gasteiger partial charge on any atom is 0.255 e. The van der Waals surface area contributed by atoms with Crippen LogP contribution in [-0.4, -0.2) is 35.2 Å². The Morgan fingerprint density at radius 2 is 1.93 bits per heavy atom. The summed E-state index contributed by atoms with van der Waals surface area (Å²) < 4.78 is 6.87. The van der Waals surface area contributed by atoms with Crippen LogP contribution in [-0.2, 0) is 11.3 Å². The highest BCUT2D eigenvalue weighted by Gasteiger charge is 2.21. The van der Waals surface area contributed by atoms with E-state index >= 15 is 0 Å². The molecule has 0 atom stereocenters. The van der Waals surface area contributed by atoms with Crippen molar-refractivity contribution in [2.75, 3.05) is 29.9 Å². The molecule has 28 heavy (non-hydrogen) atoms. The van der Waals surface area contributed by atoms with Crippen LogP contribution in [0.2, 0.25) is 0 Å². The van der Waals surface area contributed by atoms with Crippen LogP contribution in [0.5, 0.6) is 5.75 Å². The number of ether oxygens (including phenoxy) is 1. The average Bonchev–Trinajstić information content (AvgIpc) is 2.66. The van der Waals surface area contributed by atoms with Crippen molar-refractivity contribution in [1.29, 1.82) is 0 Å². The number of carbonyl (C=O) groups excluding carboxylic acids is 1. The van der Waals surface area contributed by atoms with Crippen LogP contribution < -0.4 is 20.5 Å². The highest BCUT2D eigenvalue weighted by molar-refractivity contribution is 5.90. The Labute approximate surface area is 165 Å². The van der Waals surface area contributed by atoms with Gasteiger partial charge in [-0.15, -0.1) is 0 Å². The molecule has 1 saturated heterocycles. The van der Waals surface area contributed by atoms with Crippen LogP contribution in [0.1, 0.15) is 32.4 Å². The highest BCUT2D eigenvalue weighted by Crippen LogP contribution is 2.21. The molecule has 0 saturated carbocycles. The van der Waals surface area contributed by atoms with Crippen LogP contribution in [0.15, 0.2) is 35.1 Å². The molecule has 0 aliphatic carbocycles. The number of piperidine rings is 1. The summed E-state index contributed by atoms with van der Waals surface area (Å²) >= 11 is 0. The lowest BCUT2D eigenvalue weighted by Crippen LogP contribution is -2.39. The number of hydrogen-bond donors (Lipinski definition) is 1. The Bertz CT molecular complexity index is 868. The lowest BCUT2D eigenvalue weighted by atomic mass is 10.00. The Morgan fingerprint density at radius 1 is 1.25 bits per heavy atom. The Balaban J connectivity index is 1.75. The summed E-state index contributed by atoms with van der Waals surface area (Å²) in [7, 11) is 0. The summed E-state index contributed by atoms with van der Waals surface area (Å²) in [5, 5.41) is 2.84. The number of aromatic nitrogens is 2. The van der Waals surface area contributed by atoms with Crippen LogP contribution in [0, 0.1) is 12.8 Å². The molecule has 1 aromatic heterocycles. The van der Waals surface area contributed by atoms with Gasteiger partial charge < -0.3 is 15.0 Å². The summed E-state index contributed by atoms with van der Waals surface area (Å²) in [6, 6.07) is 8.65. The summed E-state index contributed by atoms with van der Waals surface area (Å²) in [4.78, 5) is 31.8. The highest BCUT2D eigenvalue weighted by atomic mass is 16.5. The van der Waals surface area contributed by atoms with Crippen LogP contribution >= 0.6 is 0 Å². The van der Waals surface area contributed by atoms with Gasteiger partial charge in [-0.05, 0) is 56.9 Å². The topological polar surface area (TPSA) is 76.5 Å². The standard InChI is InChI=1S/C21H28N4O3/c1-4-28-18-7-5-17(6-8-18)23-19(26)14-25-20(27)13-16(3)22-21(25)24-11-9-15(2)10-12-24/h5-8,13,15H,4,9-12,14H2,1-3H3,(H,23,26). The number of aryl methyl sites for hydroxylation is 1. The molecule has 150 valence electrons. The van der Waals surface area contributed by atoms with Crippen molar-refractivity contribution in [2.45, 2.75) is 40.2 Å². The second kappa shape index (κ2) is 8.91. The molecule has 1 N–H and O–H groups in total. The zero-order valence-corrected chi connectivity index (χ0v) is 16.8. The molecule has 1 aliphatic rings. The van der Waals surface area contributed by atoms with Gasteiger partial charge in [0.2, 0.25) is 11.9 Å². The lowest BCUT2D eigenvalue weighted by Gasteiger charge is -2.32. The number of rotatable bonds is 6. The third-order valence-corrected chi connectivity index (χ3v) is 4.93. The van der Waals surface area contributed by atoms with Crippen molar-refractivity contribution in [3.63, 3.8) is 0 Å². The van der Waals surface area contributed by atoms with E-state index in [-0.39, 0.29) is 18.0 Å². The van der Waals surface area contributed by atoms with Crippen molar-refractivity contribution in [3.05, 3.63) is 46.4 Å². The first-order valence-corrected chi connectivity index (χ1v) is 9.82. The average molecular weight is 384 g/mol. The summed E-state index contributed by atoms with van der Waals surface area (Å²) in [5.41, 5.74) is 1.12. The molecular weight excluding hydrogens is 356 g/mol. The van der Waals surface area contributed by atoms with Gasteiger partial charge in [-0.1, -0.05) is 6.92 Å². The van der Waals surface area contributed by atoms with Crippen molar-refractivity contribution in [2.24, 2.45) is 5.92 Å². The summed E-state index contributed by atoms with van der Waals surface area (Å²) in [6.45, 7) is 8.17. The molecular formula is C21H28N4O3. The molecule has 0 radical (unpaired) electrons. The summed E-state index contributed by atoms with van der Waals surface area (Å²) in [6.07, 6.45) is 2.12. The molecule has 2 aromatic rings. The third-order valence-electron chi connectivity index (χ3n) is 4.93. The van der Waals surface area contributed by atoms with Gasteiger partial charge in [0, 0.05) is 30.5 Å². The van der Waals surface area contributed by atoms with Gasteiger partial charge in [0.25, 0.3) is 5.56 Å². The number of hydrogen-bond acceptors (Lipinski definition) is 5. The summed E-state index contributed by atoms with van der Waals surface area (Å²) in [5.74, 6) is 1.74. The first kappa shape index (κ1) is 19.9. The fourth-order valence-corrected chi connectivity index (χ4v) is 3.35. The SMILES string of the molecule is CCOc1ccc(NC(=O)Cn2c(N3CCC(C)CC3)nc(C)cc2=O)cc1. The third kappa shape index (κ3) is 4.91. The van der Waals surface area contributed by atoms with Crippen molar-refractivity contribution >= 4 is 17.5 Å². The molecule has 2 heterocycles. The largest absolute Gasteiger partial charge is 0.494 e. The molecule has 0 unspecified atom stereocenters. The van der Waals surface area contributed by atoms with E-state index in [1.807, 2.05) is 13.8 Å². The van der Waals surface area contributed by atoms with Crippen molar-refractivity contribution in [3.8, 4) is 5.75 Å². The predicted octanol–water partition coefficient (Wildman–Crippen LogP) is 2.83. The monoisotopic (exact) mass is 384 g/mol. The Kier molecular flexibility index (Phi) is 6.34. The number of anilines is 2. The molecule has 7 heteroatoms. The minimum atomic E-state index is -0.261. The number of benzene rings is 1. The van der Waals surface area contributed by atoms with E-state index in [2.05, 4.69) is 22.1 Å². The van der Waals surface area contributed by atoms with E-state index in [0.29, 0.717) is 29.9 Å². The van der Waals surface area contributed by atoms with E-state index in [1.165, 1.54) is 10.6 Å². The molecule has 0 spiro atoms. The predicted molar refractivity (Wildman–Crippen MR) is 110 cm³/mol. The molecule has 0 bridgehead atoms. The van der Waals surface area contributed by atoms with Gasteiger partial charge in [0.05, 0.1) is 6.61 Å². The van der Waals surface area contributed by atoms with Crippen LogP contribution in [0.25, 0.3) is 0 Å². The maximum absolute atomic E-state index is 12.6. The molecule has 1 aromatic carbocycles. The Hall–Kier alpha value is -2.83. The zero-order chi connectivity index (χ0) is 20.1. The number of nitrogens with zero attached hydrogens (tertiary/aromatic N) is 3. The second-order valence-electron chi connectivity index (χ2n) is 7.30. The second-order valence-corrected chi connectivity index (χ2v) is 7.30. The minimum absolute atomic E-state index is 0.0687. The number of nitrogens with one attached hydrogen (secondary N) is 1. The molecule has 1 amide bonds. The van der Waals surface area contributed by atoms with E-state index in [0.717, 1.165) is 31.7 Å². The van der Waals surface area contributed by atoms with Gasteiger partial charge in [-0.3, -0.25) is 14.2 Å². The van der Waals surface area contributed by atoms with Gasteiger partial charge in [0.1, 0.15) is 12.3 Å². The van der Waals surface area contributed by atoms with Crippen LogP contribution in [0.3, 0.4) is 0 Å². The fourth-order valence-electron chi connectivity index (χ4n) is 3.35. The fraction of sp³-hybridized carbons (Fsp3) is 0.476. The van der Waals surface area contributed by atoms with E-state index < -0.39 is 0 Å². The number of amides is 1. The van der Waals surface area contributed by atoms with Gasteiger partial charge in [0.15, 0.2) is 0 Å². The van der Waals surface area contributed by atoms with Crippen LogP contribution in [0.4, 0.5) is 11.6 Å². The molecule has 7 nitrogen and oxygen atoms in total. The van der Waals surface area contributed by atoms with Gasteiger partial charge >= 0.3 is 0 Å². The molecule has 3 rings (SSSR count). The Morgan fingerprint density at radius 3 is 2.57 bits per heavy atom. The molecule has 1 aliphatic heterocycles.